The molecule has 1 aliphatic heterocycles. The number of thiazole rings is 1. The Labute approximate surface area is 129 Å². The summed E-state index contributed by atoms with van der Waals surface area (Å²) < 4.78 is 0. The lowest BCUT2D eigenvalue weighted by Gasteiger charge is -2.26. The Bertz CT molecular complexity index is 515. The van der Waals surface area contributed by atoms with Gasteiger partial charge >= 0.3 is 0 Å². The molecular weight excluding hydrogens is 286 g/mol. The molecule has 0 spiro atoms. The van der Waals surface area contributed by atoms with E-state index in [1.807, 2.05) is 31.1 Å². The zero-order chi connectivity index (χ0) is 15.4. The molecule has 116 valence electrons. The Balaban J connectivity index is 2.03. The summed E-state index contributed by atoms with van der Waals surface area (Å²) in [5, 5.41) is 5.93. The van der Waals surface area contributed by atoms with Gasteiger partial charge in [0.25, 0.3) is 0 Å². The van der Waals surface area contributed by atoms with Crippen molar-refractivity contribution >= 4 is 23.2 Å². The Hall–Kier alpha value is -1.43. The Morgan fingerprint density at radius 2 is 2.29 bits per heavy atom. The second kappa shape index (κ2) is 7.02. The molecule has 5 nitrogen and oxygen atoms in total. The predicted molar refractivity (Wildman–Crippen MR) is 83.1 cm³/mol. The van der Waals surface area contributed by atoms with Gasteiger partial charge in [-0.15, -0.1) is 11.3 Å². The number of aromatic nitrogens is 1. The van der Waals surface area contributed by atoms with Crippen molar-refractivity contribution in [3.8, 4) is 0 Å². The van der Waals surface area contributed by atoms with E-state index in [0.717, 1.165) is 23.5 Å². The molecule has 0 saturated carbocycles. The minimum Gasteiger partial charge on any atom is -0.344 e. The number of aryl methyl sites for hydroxylation is 1. The van der Waals surface area contributed by atoms with Gasteiger partial charge in [0, 0.05) is 37.0 Å². The topological polar surface area (TPSA) is 62.3 Å². The fourth-order valence-electron chi connectivity index (χ4n) is 2.44. The number of hydrogen-bond acceptors (Lipinski definition) is 4. The molecule has 0 aliphatic carbocycles. The maximum absolute atomic E-state index is 12.6. The molecule has 1 fully saturated rings. The molecule has 2 heterocycles. The van der Waals surface area contributed by atoms with E-state index in [0.29, 0.717) is 19.5 Å². The number of rotatable bonds is 5. The van der Waals surface area contributed by atoms with E-state index < -0.39 is 0 Å². The third-order valence-corrected chi connectivity index (χ3v) is 5.00. The molecule has 0 radical (unpaired) electrons. The van der Waals surface area contributed by atoms with E-state index in [4.69, 9.17) is 0 Å². The third-order valence-electron chi connectivity index (χ3n) is 3.98. The van der Waals surface area contributed by atoms with Crippen molar-refractivity contribution in [1.29, 1.82) is 0 Å². The van der Waals surface area contributed by atoms with Crippen LogP contribution in [0, 0.1) is 12.8 Å². The van der Waals surface area contributed by atoms with E-state index in [-0.39, 0.29) is 23.8 Å². The van der Waals surface area contributed by atoms with Crippen LogP contribution in [-0.2, 0) is 16.0 Å². The molecule has 1 aromatic heterocycles. The molecule has 1 aliphatic rings. The lowest BCUT2D eigenvalue weighted by atomic mass is 9.98. The SMILES string of the molecule is CCC(C)C1NC(=O)CCN(CCc2nc(C)cs2)C1=O. The first-order valence-electron chi connectivity index (χ1n) is 7.50. The van der Waals surface area contributed by atoms with Crippen molar-refractivity contribution in [3.63, 3.8) is 0 Å². The highest BCUT2D eigenvalue weighted by atomic mass is 32.1. The molecular formula is C15H23N3O2S. The van der Waals surface area contributed by atoms with E-state index in [2.05, 4.69) is 10.3 Å². The first kappa shape index (κ1) is 15.9. The summed E-state index contributed by atoms with van der Waals surface area (Å²) in [5.74, 6) is 0.175. The van der Waals surface area contributed by atoms with Crippen molar-refractivity contribution in [3.05, 3.63) is 16.1 Å². The number of nitrogens with zero attached hydrogens (tertiary/aromatic N) is 2. The number of carbonyl (C=O) groups excluding carboxylic acids is 2. The van der Waals surface area contributed by atoms with Crippen LogP contribution in [0.3, 0.4) is 0 Å². The van der Waals surface area contributed by atoms with Gasteiger partial charge in [-0.2, -0.15) is 0 Å². The van der Waals surface area contributed by atoms with Gasteiger partial charge in [0.2, 0.25) is 11.8 Å². The van der Waals surface area contributed by atoms with Crippen LogP contribution in [0.15, 0.2) is 5.38 Å². The van der Waals surface area contributed by atoms with Crippen molar-refractivity contribution in [1.82, 2.24) is 15.2 Å². The quantitative estimate of drug-likeness (QED) is 0.901. The normalized spacial score (nSPS) is 21.1. The summed E-state index contributed by atoms with van der Waals surface area (Å²) in [6.07, 6.45) is 2.01. The summed E-state index contributed by atoms with van der Waals surface area (Å²) in [7, 11) is 0. The molecule has 1 saturated heterocycles. The van der Waals surface area contributed by atoms with Gasteiger partial charge in [0.1, 0.15) is 6.04 Å². The highest BCUT2D eigenvalue weighted by Gasteiger charge is 2.32. The van der Waals surface area contributed by atoms with Gasteiger partial charge < -0.3 is 10.2 Å². The van der Waals surface area contributed by atoms with Gasteiger partial charge in [-0.1, -0.05) is 20.3 Å². The summed E-state index contributed by atoms with van der Waals surface area (Å²) in [5.41, 5.74) is 1.02. The van der Waals surface area contributed by atoms with Crippen LogP contribution in [0.25, 0.3) is 0 Å². The summed E-state index contributed by atoms with van der Waals surface area (Å²) in [4.78, 5) is 30.6. The number of hydrogen-bond donors (Lipinski definition) is 1. The van der Waals surface area contributed by atoms with E-state index in [1.54, 1.807) is 11.3 Å². The van der Waals surface area contributed by atoms with E-state index in [9.17, 15) is 9.59 Å². The fraction of sp³-hybridized carbons (Fsp3) is 0.667. The zero-order valence-electron chi connectivity index (χ0n) is 12.9. The average molecular weight is 309 g/mol. The Morgan fingerprint density at radius 1 is 1.52 bits per heavy atom. The van der Waals surface area contributed by atoms with Crippen molar-refractivity contribution in [2.45, 2.75) is 46.1 Å². The molecule has 1 N–H and O–H groups in total. The van der Waals surface area contributed by atoms with Gasteiger partial charge in [-0.25, -0.2) is 4.98 Å². The molecule has 1 aromatic rings. The Morgan fingerprint density at radius 3 is 2.90 bits per heavy atom. The smallest absolute Gasteiger partial charge is 0.245 e. The number of carbonyl (C=O) groups is 2. The minimum absolute atomic E-state index is 0.0266. The standard InChI is InChI=1S/C15H23N3O2S/c1-4-10(2)14-15(20)18(7-5-12(19)17-14)8-6-13-16-11(3)9-21-13/h9-10,14H,4-8H2,1-3H3,(H,17,19). The van der Waals surface area contributed by atoms with Crippen LogP contribution < -0.4 is 5.32 Å². The summed E-state index contributed by atoms with van der Waals surface area (Å²) >= 11 is 1.63. The molecule has 0 bridgehead atoms. The lowest BCUT2D eigenvalue weighted by molar-refractivity contribution is -0.134. The maximum atomic E-state index is 12.6. The summed E-state index contributed by atoms with van der Waals surface area (Å²) in [6, 6.07) is -0.386. The molecule has 2 rings (SSSR count). The highest BCUT2D eigenvalue weighted by Crippen LogP contribution is 2.16. The van der Waals surface area contributed by atoms with Crippen molar-refractivity contribution < 1.29 is 9.59 Å². The van der Waals surface area contributed by atoms with Gasteiger partial charge in [-0.3, -0.25) is 9.59 Å². The molecule has 0 aromatic carbocycles. The van der Waals surface area contributed by atoms with Gasteiger partial charge in [0.15, 0.2) is 0 Å². The number of amides is 2. The van der Waals surface area contributed by atoms with Gasteiger partial charge in [-0.05, 0) is 12.8 Å². The minimum atomic E-state index is -0.386. The Kier molecular flexibility index (Phi) is 5.33. The second-order valence-corrected chi connectivity index (χ2v) is 6.58. The molecule has 2 atom stereocenters. The second-order valence-electron chi connectivity index (χ2n) is 5.64. The van der Waals surface area contributed by atoms with Crippen LogP contribution in [0.1, 0.15) is 37.4 Å². The fourth-order valence-corrected chi connectivity index (χ4v) is 3.21. The first-order valence-corrected chi connectivity index (χ1v) is 8.38. The molecule has 6 heteroatoms. The maximum Gasteiger partial charge on any atom is 0.245 e. The molecule has 2 unspecified atom stereocenters. The van der Waals surface area contributed by atoms with Crippen LogP contribution in [0.2, 0.25) is 0 Å². The van der Waals surface area contributed by atoms with Crippen LogP contribution in [0.5, 0.6) is 0 Å². The molecule has 2 amide bonds. The molecule has 21 heavy (non-hydrogen) atoms. The van der Waals surface area contributed by atoms with E-state index >= 15 is 0 Å². The number of nitrogens with one attached hydrogen (secondary N) is 1. The third kappa shape index (κ3) is 4.03. The van der Waals surface area contributed by atoms with Crippen molar-refractivity contribution in [2.75, 3.05) is 13.1 Å². The average Bonchev–Trinajstić information content (AvgIpc) is 2.82. The van der Waals surface area contributed by atoms with Crippen molar-refractivity contribution in [2.24, 2.45) is 5.92 Å². The first-order chi connectivity index (χ1) is 10.0. The zero-order valence-corrected chi connectivity index (χ0v) is 13.7. The summed E-state index contributed by atoms with van der Waals surface area (Å²) in [6.45, 7) is 7.16. The van der Waals surface area contributed by atoms with Gasteiger partial charge in [0.05, 0.1) is 5.01 Å². The predicted octanol–water partition coefficient (Wildman–Crippen LogP) is 1.76. The van der Waals surface area contributed by atoms with Crippen LogP contribution >= 0.6 is 11.3 Å². The van der Waals surface area contributed by atoms with E-state index in [1.165, 1.54) is 0 Å². The largest absolute Gasteiger partial charge is 0.344 e. The highest BCUT2D eigenvalue weighted by molar-refractivity contribution is 7.09. The monoisotopic (exact) mass is 309 g/mol. The van der Waals surface area contributed by atoms with Crippen LogP contribution in [-0.4, -0.2) is 40.8 Å². The van der Waals surface area contributed by atoms with Crippen LogP contribution in [0.4, 0.5) is 0 Å². The lowest BCUT2D eigenvalue weighted by Crippen LogP contribution is -2.48.